The zero-order valence-corrected chi connectivity index (χ0v) is 7.73. The van der Waals surface area contributed by atoms with E-state index in [1.165, 1.54) is 12.1 Å². The molecule has 0 spiro atoms. The summed E-state index contributed by atoms with van der Waals surface area (Å²) in [5.74, 6) is 0. The molecule has 0 saturated carbocycles. The fourth-order valence-electron chi connectivity index (χ4n) is 0.977. The van der Waals surface area contributed by atoms with E-state index in [-0.39, 0.29) is 16.3 Å². The topological polar surface area (TPSA) is 52.0 Å². The first kappa shape index (κ1) is 11.1. The second-order valence-electron chi connectivity index (χ2n) is 2.80. The average molecular weight is 225 g/mol. The molecule has 0 unspecified atom stereocenters. The molecule has 1 atom stereocenters. The van der Waals surface area contributed by atoms with Gasteiger partial charge in [0.15, 0.2) is 0 Å². The summed E-state index contributed by atoms with van der Waals surface area (Å²) >= 11 is 5.56. The molecule has 2 nitrogen and oxygen atoms in total. The second-order valence-corrected chi connectivity index (χ2v) is 3.21. The lowest BCUT2D eigenvalue weighted by molar-refractivity contribution is -0.149. The molecule has 6 heteroatoms. The molecule has 14 heavy (non-hydrogen) atoms. The number of nitrogens with two attached hydrogens (primary N) is 2. The van der Waals surface area contributed by atoms with Gasteiger partial charge in [0.2, 0.25) is 0 Å². The number of rotatable bonds is 1. The van der Waals surface area contributed by atoms with E-state index in [4.69, 9.17) is 23.1 Å². The van der Waals surface area contributed by atoms with E-state index in [1.54, 1.807) is 0 Å². The van der Waals surface area contributed by atoms with Crippen LogP contribution in [0.2, 0.25) is 5.02 Å². The van der Waals surface area contributed by atoms with Gasteiger partial charge in [-0.1, -0.05) is 11.6 Å². The Morgan fingerprint density at radius 3 is 2.36 bits per heavy atom. The zero-order chi connectivity index (χ0) is 10.9. The molecule has 0 saturated heterocycles. The predicted molar refractivity (Wildman–Crippen MR) is 48.8 cm³/mol. The molecule has 1 aromatic rings. The van der Waals surface area contributed by atoms with Gasteiger partial charge in [-0.05, 0) is 23.8 Å². The third-order valence-electron chi connectivity index (χ3n) is 1.71. The molecule has 0 radical (unpaired) electrons. The van der Waals surface area contributed by atoms with Crippen LogP contribution >= 0.6 is 11.6 Å². The zero-order valence-electron chi connectivity index (χ0n) is 6.98. The largest absolute Gasteiger partial charge is 0.407 e. The van der Waals surface area contributed by atoms with Crippen molar-refractivity contribution in [3.63, 3.8) is 0 Å². The van der Waals surface area contributed by atoms with E-state index < -0.39 is 12.2 Å². The minimum atomic E-state index is -4.52. The van der Waals surface area contributed by atoms with Crippen LogP contribution in [-0.4, -0.2) is 6.18 Å². The first-order valence-corrected chi connectivity index (χ1v) is 4.07. The van der Waals surface area contributed by atoms with Crippen molar-refractivity contribution in [2.45, 2.75) is 12.2 Å². The van der Waals surface area contributed by atoms with Gasteiger partial charge in [0.1, 0.15) is 6.04 Å². The summed E-state index contributed by atoms with van der Waals surface area (Å²) < 4.78 is 36.7. The summed E-state index contributed by atoms with van der Waals surface area (Å²) in [5.41, 5.74) is 10.3. The molecule has 0 aliphatic heterocycles. The second kappa shape index (κ2) is 3.67. The van der Waals surface area contributed by atoms with E-state index in [0.29, 0.717) is 0 Å². The van der Waals surface area contributed by atoms with E-state index >= 15 is 0 Å². The number of hydrogen-bond acceptors (Lipinski definition) is 2. The molecule has 0 aliphatic carbocycles. The lowest BCUT2D eigenvalue weighted by Gasteiger charge is -2.17. The first-order valence-electron chi connectivity index (χ1n) is 3.69. The lowest BCUT2D eigenvalue weighted by atomic mass is 10.1. The van der Waals surface area contributed by atoms with Gasteiger partial charge in [0, 0.05) is 10.7 Å². The van der Waals surface area contributed by atoms with E-state index in [1.807, 2.05) is 0 Å². The van der Waals surface area contributed by atoms with Crippen LogP contribution in [0.4, 0.5) is 18.9 Å². The number of anilines is 1. The van der Waals surface area contributed by atoms with Crippen molar-refractivity contribution in [1.29, 1.82) is 0 Å². The highest BCUT2D eigenvalue weighted by atomic mass is 35.5. The Kier molecular flexibility index (Phi) is 2.92. The SMILES string of the molecule is Nc1ccc(Cl)c([C@H](N)C(F)(F)F)c1. The van der Waals surface area contributed by atoms with Crippen molar-refractivity contribution in [1.82, 2.24) is 0 Å². The Morgan fingerprint density at radius 1 is 1.29 bits per heavy atom. The fourth-order valence-corrected chi connectivity index (χ4v) is 1.21. The van der Waals surface area contributed by atoms with Crippen LogP contribution in [0.15, 0.2) is 18.2 Å². The van der Waals surface area contributed by atoms with Crippen molar-refractivity contribution >= 4 is 17.3 Å². The van der Waals surface area contributed by atoms with Crippen LogP contribution in [0.3, 0.4) is 0 Å². The Morgan fingerprint density at radius 2 is 1.86 bits per heavy atom. The molecule has 0 fully saturated rings. The van der Waals surface area contributed by atoms with Crippen molar-refractivity contribution in [2.24, 2.45) is 5.73 Å². The van der Waals surface area contributed by atoms with Crippen LogP contribution in [-0.2, 0) is 0 Å². The number of nitrogen functional groups attached to an aromatic ring is 1. The van der Waals surface area contributed by atoms with Crippen LogP contribution in [0, 0.1) is 0 Å². The quantitative estimate of drug-likeness (QED) is 0.720. The Balaban J connectivity index is 3.12. The molecule has 1 aromatic carbocycles. The molecular formula is C8H8ClF3N2. The highest BCUT2D eigenvalue weighted by Crippen LogP contribution is 2.34. The standard InChI is InChI=1S/C8H8ClF3N2/c9-6-2-1-4(13)3-5(6)7(14)8(10,11)12/h1-3,7H,13-14H2/t7-/m0/s1. The molecule has 78 valence electrons. The van der Waals surface area contributed by atoms with Gasteiger partial charge in [-0.25, -0.2) is 0 Å². The maximum absolute atomic E-state index is 12.2. The van der Waals surface area contributed by atoms with Crippen LogP contribution in [0.25, 0.3) is 0 Å². The van der Waals surface area contributed by atoms with E-state index in [9.17, 15) is 13.2 Å². The fraction of sp³-hybridized carbons (Fsp3) is 0.250. The molecule has 0 heterocycles. The summed E-state index contributed by atoms with van der Waals surface area (Å²) in [6, 6.07) is 1.73. The molecule has 0 aromatic heterocycles. The number of hydrogen-bond donors (Lipinski definition) is 2. The summed E-state index contributed by atoms with van der Waals surface area (Å²) in [5, 5.41) is -0.0379. The molecule has 0 bridgehead atoms. The van der Waals surface area contributed by atoms with Gasteiger partial charge in [-0.2, -0.15) is 13.2 Å². The summed E-state index contributed by atoms with van der Waals surface area (Å²) in [6.07, 6.45) is -4.52. The maximum atomic E-state index is 12.2. The predicted octanol–water partition coefficient (Wildman–Crippen LogP) is 2.48. The van der Waals surface area contributed by atoms with Crippen molar-refractivity contribution in [2.75, 3.05) is 5.73 Å². The first-order chi connectivity index (χ1) is 6.32. The van der Waals surface area contributed by atoms with Crippen molar-refractivity contribution in [3.8, 4) is 0 Å². The van der Waals surface area contributed by atoms with Crippen LogP contribution < -0.4 is 11.5 Å². The van der Waals surface area contributed by atoms with Gasteiger partial charge in [-0.15, -0.1) is 0 Å². The van der Waals surface area contributed by atoms with Gasteiger partial charge >= 0.3 is 6.18 Å². The maximum Gasteiger partial charge on any atom is 0.407 e. The highest BCUT2D eigenvalue weighted by Gasteiger charge is 2.38. The average Bonchev–Trinajstić information content (AvgIpc) is 2.06. The molecule has 0 aliphatic rings. The van der Waals surface area contributed by atoms with Gasteiger partial charge < -0.3 is 11.5 Å². The minimum absolute atomic E-state index is 0.0379. The smallest absolute Gasteiger partial charge is 0.399 e. The minimum Gasteiger partial charge on any atom is -0.399 e. The van der Waals surface area contributed by atoms with E-state index in [0.717, 1.165) is 6.07 Å². The molecule has 1 rings (SSSR count). The third kappa shape index (κ3) is 2.30. The monoisotopic (exact) mass is 224 g/mol. The van der Waals surface area contributed by atoms with Crippen molar-refractivity contribution < 1.29 is 13.2 Å². The van der Waals surface area contributed by atoms with Gasteiger partial charge in [0.05, 0.1) is 0 Å². The number of halogens is 4. The van der Waals surface area contributed by atoms with Gasteiger partial charge in [-0.3, -0.25) is 0 Å². The summed E-state index contributed by atoms with van der Waals surface area (Å²) in [7, 11) is 0. The van der Waals surface area contributed by atoms with Crippen LogP contribution in [0.1, 0.15) is 11.6 Å². The number of alkyl halides is 3. The van der Waals surface area contributed by atoms with Gasteiger partial charge in [0.25, 0.3) is 0 Å². The van der Waals surface area contributed by atoms with Crippen LogP contribution in [0.5, 0.6) is 0 Å². The highest BCUT2D eigenvalue weighted by molar-refractivity contribution is 6.31. The molecule has 0 amide bonds. The Labute approximate surface area is 83.6 Å². The lowest BCUT2D eigenvalue weighted by Crippen LogP contribution is -2.28. The summed E-state index contributed by atoms with van der Waals surface area (Å²) in [6.45, 7) is 0. The number of benzene rings is 1. The van der Waals surface area contributed by atoms with E-state index in [2.05, 4.69) is 0 Å². The van der Waals surface area contributed by atoms with Crippen molar-refractivity contribution in [3.05, 3.63) is 28.8 Å². The molecule has 4 N–H and O–H groups in total. The summed E-state index contributed by atoms with van der Waals surface area (Å²) in [4.78, 5) is 0. The normalized spacial score (nSPS) is 14.1. The molecular weight excluding hydrogens is 217 g/mol. The Bertz CT molecular complexity index is 338. The third-order valence-corrected chi connectivity index (χ3v) is 2.05. The Hall–Kier alpha value is -0.940.